The minimum Gasteiger partial charge on any atom is -0.497 e. The normalized spacial score (nSPS) is 20.2. The van der Waals surface area contributed by atoms with E-state index in [1.54, 1.807) is 30.6 Å². The number of carbonyl (C=O) groups excluding carboxylic acids is 2. The summed E-state index contributed by atoms with van der Waals surface area (Å²) in [6, 6.07) is 17.6. The minimum absolute atomic E-state index is 0.0201. The second kappa shape index (κ2) is 9.09. The van der Waals surface area contributed by atoms with Crippen LogP contribution in [0.5, 0.6) is 5.75 Å². The number of Topliss-reactive ketones (excluding diaryl/α,β-unsaturated/α-hetero) is 1. The molecule has 150 valence electrons. The zero-order chi connectivity index (χ0) is 20.2. The smallest absolute Gasteiger partial charge is 0.256 e. The van der Waals surface area contributed by atoms with Gasteiger partial charge in [0, 0.05) is 24.0 Å². The third-order valence-electron chi connectivity index (χ3n) is 5.19. The average Bonchev–Trinajstić information content (AvgIpc) is 3.40. The second-order valence-electron chi connectivity index (χ2n) is 7.11. The van der Waals surface area contributed by atoms with Crippen LogP contribution in [0.4, 0.5) is 0 Å². The molecule has 2 aromatic rings. The van der Waals surface area contributed by atoms with E-state index < -0.39 is 0 Å². The first-order valence-corrected chi connectivity index (χ1v) is 11.6. The minimum atomic E-state index is -0.254. The van der Waals surface area contributed by atoms with Crippen molar-refractivity contribution in [2.75, 3.05) is 18.6 Å². The maximum Gasteiger partial charge on any atom is 0.256 e. The lowest BCUT2D eigenvalue weighted by molar-refractivity contribution is -0.123. The Kier molecular flexibility index (Phi) is 6.31. The van der Waals surface area contributed by atoms with Gasteiger partial charge in [-0.15, -0.1) is 23.5 Å². The molecule has 2 aromatic carbocycles. The molecule has 4 nitrogen and oxygen atoms in total. The van der Waals surface area contributed by atoms with E-state index in [1.165, 1.54) is 0 Å². The van der Waals surface area contributed by atoms with E-state index in [0.717, 1.165) is 39.0 Å². The van der Waals surface area contributed by atoms with Crippen molar-refractivity contribution in [3.8, 4) is 5.75 Å². The molecule has 0 spiro atoms. The number of hydrogen-bond donors (Lipinski definition) is 1. The summed E-state index contributed by atoms with van der Waals surface area (Å²) in [6.07, 6.45) is 0.795. The van der Waals surface area contributed by atoms with Crippen molar-refractivity contribution in [3.63, 3.8) is 0 Å². The third kappa shape index (κ3) is 4.70. The molecule has 1 aliphatic carbocycles. The van der Waals surface area contributed by atoms with E-state index in [0.29, 0.717) is 12.1 Å². The van der Waals surface area contributed by atoms with Gasteiger partial charge in [-0.25, -0.2) is 0 Å². The van der Waals surface area contributed by atoms with Crippen molar-refractivity contribution in [2.24, 2.45) is 5.92 Å². The van der Waals surface area contributed by atoms with Crippen molar-refractivity contribution in [2.45, 2.75) is 18.9 Å². The Labute approximate surface area is 179 Å². The van der Waals surface area contributed by atoms with Crippen LogP contribution in [-0.4, -0.2) is 30.3 Å². The van der Waals surface area contributed by atoms with Crippen LogP contribution in [0.2, 0.25) is 0 Å². The summed E-state index contributed by atoms with van der Waals surface area (Å²) in [4.78, 5) is 26.3. The van der Waals surface area contributed by atoms with Gasteiger partial charge in [-0.3, -0.25) is 9.59 Å². The van der Waals surface area contributed by atoms with E-state index in [1.807, 2.05) is 54.6 Å². The number of rotatable bonds is 7. The molecule has 2 atom stereocenters. The van der Waals surface area contributed by atoms with Crippen LogP contribution in [0.15, 0.2) is 64.4 Å². The number of hydrogen-bond acceptors (Lipinski definition) is 5. The van der Waals surface area contributed by atoms with Gasteiger partial charge >= 0.3 is 0 Å². The summed E-state index contributed by atoms with van der Waals surface area (Å²) in [7, 11) is 1.64. The Morgan fingerprint density at radius 2 is 1.72 bits per heavy atom. The zero-order valence-electron chi connectivity index (χ0n) is 16.2. The van der Waals surface area contributed by atoms with Gasteiger partial charge in [0.15, 0.2) is 5.78 Å². The van der Waals surface area contributed by atoms with Gasteiger partial charge in [-0.1, -0.05) is 42.5 Å². The first kappa shape index (κ1) is 20.1. The summed E-state index contributed by atoms with van der Waals surface area (Å²) in [6.45, 7) is 0.422. The monoisotopic (exact) mass is 425 g/mol. The Balaban J connectivity index is 1.48. The number of methoxy groups -OCH3 is 1. The first-order valence-electron chi connectivity index (χ1n) is 9.67. The summed E-state index contributed by atoms with van der Waals surface area (Å²) < 4.78 is 6.09. The van der Waals surface area contributed by atoms with Crippen molar-refractivity contribution in [1.82, 2.24) is 5.32 Å². The number of nitrogens with one attached hydrogen (secondary N) is 1. The molecular formula is C23H23NO3S2. The lowest BCUT2D eigenvalue weighted by atomic mass is 10.0. The molecule has 0 unspecified atom stereocenters. The highest BCUT2D eigenvalue weighted by Crippen LogP contribution is 2.51. The van der Waals surface area contributed by atoms with E-state index in [2.05, 4.69) is 5.32 Å². The summed E-state index contributed by atoms with van der Waals surface area (Å²) in [5.41, 5.74) is 2.51. The number of thioether (sulfide) groups is 2. The summed E-state index contributed by atoms with van der Waals surface area (Å²) >= 11 is 3.24. The highest BCUT2D eigenvalue weighted by Gasteiger charge is 2.46. The van der Waals surface area contributed by atoms with Crippen LogP contribution in [-0.2, 0) is 16.1 Å². The molecular weight excluding hydrogens is 402 g/mol. The highest BCUT2D eigenvalue weighted by molar-refractivity contribution is 8.25. The van der Waals surface area contributed by atoms with Crippen LogP contribution in [0.3, 0.4) is 0 Å². The van der Waals surface area contributed by atoms with Crippen molar-refractivity contribution in [1.29, 1.82) is 0 Å². The molecule has 2 aliphatic rings. The van der Waals surface area contributed by atoms with Crippen molar-refractivity contribution in [3.05, 3.63) is 75.5 Å². The molecule has 1 amide bonds. The van der Waals surface area contributed by atoms with Crippen molar-refractivity contribution < 1.29 is 14.3 Å². The van der Waals surface area contributed by atoms with Crippen LogP contribution in [0, 0.1) is 5.92 Å². The quantitative estimate of drug-likeness (QED) is 0.405. The second-order valence-corrected chi connectivity index (χ2v) is 9.58. The molecule has 0 radical (unpaired) electrons. The largest absolute Gasteiger partial charge is 0.497 e. The lowest BCUT2D eigenvalue weighted by Gasteiger charge is -2.11. The lowest BCUT2D eigenvalue weighted by Crippen LogP contribution is -2.29. The van der Waals surface area contributed by atoms with Gasteiger partial charge < -0.3 is 10.1 Å². The fourth-order valence-corrected chi connectivity index (χ4v) is 6.06. The molecule has 0 bridgehead atoms. The van der Waals surface area contributed by atoms with Crippen molar-refractivity contribution >= 4 is 35.2 Å². The van der Waals surface area contributed by atoms with Gasteiger partial charge in [0.2, 0.25) is 0 Å². The molecule has 1 N–H and O–H groups in total. The van der Waals surface area contributed by atoms with Crippen LogP contribution >= 0.6 is 23.5 Å². The highest BCUT2D eigenvalue weighted by atomic mass is 32.2. The number of carbonyl (C=O) groups is 2. The Morgan fingerprint density at radius 3 is 2.38 bits per heavy atom. The predicted octanol–water partition coefficient (Wildman–Crippen LogP) is 4.38. The molecule has 29 heavy (non-hydrogen) atoms. The SMILES string of the molecule is COc1ccc([C@@H]2C[C@H]2C(=O)C(C(=O)NCc2ccccc2)=C2SCCS2)cc1. The molecule has 0 aromatic heterocycles. The van der Waals surface area contributed by atoms with Crippen LogP contribution < -0.4 is 10.1 Å². The molecule has 1 saturated heterocycles. The zero-order valence-corrected chi connectivity index (χ0v) is 17.9. The molecule has 4 rings (SSSR count). The van der Waals surface area contributed by atoms with E-state index in [9.17, 15) is 9.59 Å². The third-order valence-corrected chi connectivity index (χ3v) is 7.91. The summed E-state index contributed by atoms with van der Waals surface area (Å²) in [5.74, 6) is 2.48. The number of ketones is 1. The maximum atomic E-state index is 13.3. The Morgan fingerprint density at radius 1 is 1.03 bits per heavy atom. The summed E-state index contributed by atoms with van der Waals surface area (Å²) in [5, 5.41) is 2.95. The van der Waals surface area contributed by atoms with E-state index >= 15 is 0 Å². The Bertz CT molecular complexity index is 917. The molecule has 6 heteroatoms. The standard InChI is InChI=1S/C23H23NO3S2/c1-27-17-9-7-16(8-10-17)18-13-19(18)21(25)20(23-28-11-12-29-23)22(26)24-14-15-5-3-2-4-6-15/h2-10,18-19H,11-14H2,1H3,(H,24,26)/t18-,19+/m0/s1. The van der Waals surface area contributed by atoms with Gasteiger partial charge in [-0.2, -0.15) is 0 Å². The van der Waals surface area contributed by atoms with E-state index in [4.69, 9.17) is 4.74 Å². The fraction of sp³-hybridized carbons (Fsp3) is 0.304. The van der Waals surface area contributed by atoms with Gasteiger partial charge in [0.05, 0.1) is 11.3 Å². The fourth-order valence-electron chi connectivity index (χ4n) is 3.52. The van der Waals surface area contributed by atoms with Crippen LogP contribution in [0.1, 0.15) is 23.5 Å². The van der Waals surface area contributed by atoms with Gasteiger partial charge in [0.25, 0.3) is 5.91 Å². The molecule has 1 saturated carbocycles. The van der Waals surface area contributed by atoms with Gasteiger partial charge in [-0.05, 0) is 35.6 Å². The Hall–Kier alpha value is -2.18. The average molecular weight is 426 g/mol. The number of ether oxygens (including phenoxy) is 1. The predicted molar refractivity (Wildman–Crippen MR) is 119 cm³/mol. The molecule has 1 aliphatic heterocycles. The van der Waals surface area contributed by atoms with Gasteiger partial charge in [0.1, 0.15) is 11.3 Å². The number of benzene rings is 2. The number of amides is 1. The topological polar surface area (TPSA) is 55.4 Å². The first-order chi connectivity index (χ1) is 14.2. The molecule has 1 heterocycles. The maximum absolute atomic E-state index is 13.3. The van der Waals surface area contributed by atoms with E-state index in [-0.39, 0.29) is 23.5 Å². The van der Waals surface area contributed by atoms with Crippen LogP contribution in [0.25, 0.3) is 0 Å². The molecule has 2 fully saturated rings.